The highest BCUT2D eigenvalue weighted by molar-refractivity contribution is 7.93. The fourth-order valence-corrected chi connectivity index (χ4v) is 4.70. The average Bonchev–Trinajstić information content (AvgIpc) is 3.03. The Morgan fingerprint density at radius 2 is 1.96 bits per heavy atom. The van der Waals surface area contributed by atoms with Crippen molar-refractivity contribution < 1.29 is 17.9 Å². The lowest BCUT2D eigenvalue weighted by molar-refractivity contribution is 0.102. The number of nitrogens with zero attached hydrogens (tertiary/aromatic N) is 1. The molecule has 1 heterocycles. The van der Waals surface area contributed by atoms with Gasteiger partial charge < -0.3 is 10.1 Å². The Hall–Kier alpha value is -2.25. The largest absolute Gasteiger partial charge is 0.494 e. The van der Waals surface area contributed by atoms with Gasteiger partial charge in [0.2, 0.25) is 10.0 Å². The van der Waals surface area contributed by atoms with Gasteiger partial charge in [0.25, 0.3) is 5.91 Å². The summed E-state index contributed by atoms with van der Waals surface area (Å²) in [6, 6.07) is 11.7. The molecular formula is C20H23ClN2O4S. The molecule has 1 N–H and O–H groups in total. The normalized spacial score (nSPS) is 15.4. The molecule has 2 aromatic carbocycles. The Morgan fingerprint density at radius 1 is 1.21 bits per heavy atom. The number of nitrogens with one attached hydrogen (secondary N) is 1. The summed E-state index contributed by atoms with van der Waals surface area (Å²) in [5, 5.41) is 3.04. The third kappa shape index (κ3) is 4.77. The second-order valence-electron chi connectivity index (χ2n) is 6.59. The summed E-state index contributed by atoms with van der Waals surface area (Å²) in [5.74, 6) is 0.559. The third-order valence-electron chi connectivity index (χ3n) is 4.47. The number of anilines is 2. The lowest BCUT2D eigenvalue weighted by Crippen LogP contribution is -2.25. The summed E-state index contributed by atoms with van der Waals surface area (Å²) in [4.78, 5) is 12.5. The van der Waals surface area contributed by atoms with Crippen LogP contribution in [-0.4, -0.2) is 33.2 Å². The maximum absolute atomic E-state index is 12.5. The highest BCUT2D eigenvalue weighted by atomic mass is 35.5. The Balaban J connectivity index is 1.67. The molecule has 0 atom stereocenters. The van der Waals surface area contributed by atoms with Crippen LogP contribution in [0.2, 0.25) is 5.02 Å². The lowest BCUT2D eigenvalue weighted by atomic mass is 10.2. The smallest absolute Gasteiger partial charge is 0.255 e. The quantitative estimate of drug-likeness (QED) is 0.674. The van der Waals surface area contributed by atoms with E-state index in [-0.39, 0.29) is 16.7 Å². The van der Waals surface area contributed by atoms with E-state index in [0.717, 1.165) is 18.6 Å². The maximum atomic E-state index is 12.5. The Kier molecular flexibility index (Phi) is 6.46. The molecule has 0 aliphatic carbocycles. The van der Waals surface area contributed by atoms with Gasteiger partial charge in [-0.05, 0) is 55.3 Å². The number of carbonyl (C=O) groups is 1. The van der Waals surface area contributed by atoms with Crippen LogP contribution in [0.3, 0.4) is 0 Å². The number of unbranched alkanes of at least 4 members (excludes halogenated alkanes) is 1. The minimum Gasteiger partial charge on any atom is -0.494 e. The zero-order valence-corrected chi connectivity index (χ0v) is 17.2. The minimum atomic E-state index is -3.27. The monoisotopic (exact) mass is 422 g/mol. The number of hydrogen-bond acceptors (Lipinski definition) is 4. The van der Waals surface area contributed by atoms with Crippen LogP contribution in [0.4, 0.5) is 11.4 Å². The van der Waals surface area contributed by atoms with Crippen molar-refractivity contribution in [1.29, 1.82) is 0 Å². The van der Waals surface area contributed by atoms with E-state index in [0.29, 0.717) is 36.5 Å². The topological polar surface area (TPSA) is 75.7 Å². The molecule has 0 spiro atoms. The van der Waals surface area contributed by atoms with E-state index >= 15 is 0 Å². The molecule has 6 nitrogen and oxygen atoms in total. The van der Waals surface area contributed by atoms with E-state index < -0.39 is 10.0 Å². The van der Waals surface area contributed by atoms with Gasteiger partial charge in [-0.15, -0.1) is 0 Å². The number of carbonyl (C=O) groups excluding carboxylic acids is 1. The Labute approximate surface area is 170 Å². The molecule has 28 heavy (non-hydrogen) atoms. The Morgan fingerprint density at radius 3 is 2.57 bits per heavy atom. The van der Waals surface area contributed by atoms with E-state index in [1.807, 2.05) is 0 Å². The minimum absolute atomic E-state index is 0.140. The van der Waals surface area contributed by atoms with Crippen LogP contribution in [-0.2, 0) is 10.0 Å². The van der Waals surface area contributed by atoms with E-state index in [1.165, 1.54) is 4.31 Å². The predicted octanol–water partition coefficient (Wildman–Crippen LogP) is 4.31. The summed E-state index contributed by atoms with van der Waals surface area (Å²) in [7, 11) is -3.27. The molecule has 8 heteroatoms. The molecule has 150 valence electrons. The molecule has 0 bridgehead atoms. The van der Waals surface area contributed by atoms with Gasteiger partial charge >= 0.3 is 0 Å². The lowest BCUT2D eigenvalue weighted by Gasteiger charge is -2.18. The molecule has 0 saturated carbocycles. The first kappa shape index (κ1) is 20.5. The second-order valence-corrected chi connectivity index (χ2v) is 9.01. The van der Waals surface area contributed by atoms with Gasteiger partial charge in [-0.25, -0.2) is 8.42 Å². The van der Waals surface area contributed by atoms with E-state index in [9.17, 15) is 13.2 Å². The summed E-state index contributed by atoms with van der Waals surface area (Å²) in [6.45, 7) is 3.19. The van der Waals surface area contributed by atoms with Crippen LogP contribution in [0, 0.1) is 0 Å². The van der Waals surface area contributed by atoms with Gasteiger partial charge in [-0.3, -0.25) is 9.10 Å². The number of halogens is 1. The fourth-order valence-electron chi connectivity index (χ4n) is 2.92. The van der Waals surface area contributed by atoms with Crippen LogP contribution < -0.4 is 14.4 Å². The molecule has 1 amide bonds. The van der Waals surface area contributed by atoms with E-state index in [2.05, 4.69) is 12.2 Å². The van der Waals surface area contributed by atoms with Crippen LogP contribution in [0.15, 0.2) is 42.5 Å². The predicted molar refractivity (Wildman–Crippen MR) is 112 cm³/mol. The van der Waals surface area contributed by atoms with Crippen molar-refractivity contribution in [3.8, 4) is 5.75 Å². The third-order valence-corrected chi connectivity index (χ3v) is 6.65. The molecular weight excluding hydrogens is 400 g/mol. The summed E-state index contributed by atoms with van der Waals surface area (Å²) < 4.78 is 31.0. The number of ether oxygens (including phenoxy) is 1. The number of benzene rings is 2. The highest BCUT2D eigenvalue weighted by Crippen LogP contribution is 2.31. The van der Waals surface area contributed by atoms with Crippen molar-refractivity contribution in [3.63, 3.8) is 0 Å². The number of amides is 1. The standard InChI is InChI=1S/C20H23ClN2O4S/c1-2-3-12-27-17-8-5-15(6-9-17)20(24)22-19-10-7-16(14-18(19)21)23-11-4-13-28(23,25)26/h5-10,14H,2-4,11-13H2,1H3,(H,22,24). The van der Waals surface area contributed by atoms with Crippen LogP contribution in [0.1, 0.15) is 36.5 Å². The van der Waals surface area contributed by atoms with Gasteiger partial charge in [0, 0.05) is 12.1 Å². The Bertz CT molecular complexity index is 945. The second kappa shape index (κ2) is 8.84. The van der Waals surface area contributed by atoms with Crippen molar-refractivity contribution in [2.75, 3.05) is 28.5 Å². The SMILES string of the molecule is CCCCOc1ccc(C(=O)Nc2ccc(N3CCCS3(=O)=O)cc2Cl)cc1. The molecule has 1 saturated heterocycles. The molecule has 1 fully saturated rings. The molecule has 1 aliphatic rings. The van der Waals surface area contributed by atoms with Crippen molar-refractivity contribution in [2.24, 2.45) is 0 Å². The highest BCUT2D eigenvalue weighted by Gasteiger charge is 2.28. The van der Waals surface area contributed by atoms with Crippen molar-refractivity contribution >= 4 is 38.9 Å². The van der Waals surface area contributed by atoms with Crippen LogP contribution >= 0.6 is 11.6 Å². The van der Waals surface area contributed by atoms with Crippen molar-refractivity contribution in [2.45, 2.75) is 26.2 Å². The van der Waals surface area contributed by atoms with E-state index in [4.69, 9.17) is 16.3 Å². The van der Waals surface area contributed by atoms with Gasteiger partial charge in [0.15, 0.2) is 0 Å². The first-order valence-corrected chi connectivity index (χ1v) is 11.2. The fraction of sp³-hybridized carbons (Fsp3) is 0.350. The van der Waals surface area contributed by atoms with E-state index in [1.54, 1.807) is 42.5 Å². The van der Waals surface area contributed by atoms with Crippen molar-refractivity contribution in [1.82, 2.24) is 0 Å². The first-order valence-electron chi connectivity index (χ1n) is 9.25. The average molecular weight is 423 g/mol. The number of rotatable bonds is 7. The summed E-state index contributed by atoms with van der Waals surface area (Å²) in [6.07, 6.45) is 2.63. The van der Waals surface area contributed by atoms with Gasteiger partial charge in [-0.1, -0.05) is 24.9 Å². The van der Waals surface area contributed by atoms with Crippen LogP contribution in [0.5, 0.6) is 5.75 Å². The molecule has 0 aromatic heterocycles. The van der Waals surface area contributed by atoms with Crippen LogP contribution in [0.25, 0.3) is 0 Å². The number of sulfonamides is 1. The molecule has 0 unspecified atom stereocenters. The zero-order chi connectivity index (χ0) is 20.1. The molecule has 3 rings (SSSR count). The zero-order valence-electron chi connectivity index (χ0n) is 15.7. The summed E-state index contributed by atoms with van der Waals surface area (Å²) >= 11 is 6.27. The van der Waals surface area contributed by atoms with Gasteiger partial charge in [-0.2, -0.15) is 0 Å². The first-order chi connectivity index (χ1) is 13.4. The molecule has 2 aromatic rings. The molecule has 0 radical (unpaired) electrons. The van der Waals surface area contributed by atoms with Gasteiger partial charge in [0.05, 0.1) is 28.8 Å². The molecule has 1 aliphatic heterocycles. The maximum Gasteiger partial charge on any atom is 0.255 e. The van der Waals surface area contributed by atoms with Crippen molar-refractivity contribution in [3.05, 3.63) is 53.1 Å². The summed E-state index contributed by atoms with van der Waals surface area (Å²) in [5.41, 5.74) is 1.41. The van der Waals surface area contributed by atoms with Gasteiger partial charge in [0.1, 0.15) is 5.75 Å². The number of hydrogen-bond donors (Lipinski definition) is 1.